The molecule has 5 heteroatoms. The number of pyridine rings is 1. The highest BCUT2D eigenvalue weighted by Gasteiger charge is 2.33. The van der Waals surface area contributed by atoms with Crippen molar-refractivity contribution in [3.8, 4) is 5.75 Å². The van der Waals surface area contributed by atoms with Crippen LogP contribution in [0.1, 0.15) is 33.9 Å². The van der Waals surface area contributed by atoms with Gasteiger partial charge in [-0.1, -0.05) is 42.5 Å². The SMILES string of the molecule is COc1cccc(C(=O)N2N=C(c3cccnc3)CC2c2ccccc2)c1. The zero-order valence-corrected chi connectivity index (χ0v) is 14.9. The molecular formula is C22H19N3O2. The van der Waals surface area contributed by atoms with E-state index in [1.807, 2.05) is 54.6 Å². The number of hydrogen-bond donors (Lipinski definition) is 0. The lowest BCUT2D eigenvalue weighted by atomic mass is 9.99. The first-order chi connectivity index (χ1) is 13.3. The molecule has 0 saturated carbocycles. The molecule has 1 aromatic heterocycles. The molecular weight excluding hydrogens is 338 g/mol. The van der Waals surface area contributed by atoms with Crippen LogP contribution in [0.15, 0.2) is 84.2 Å². The van der Waals surface area contributed by atoms with Crippen LogP contribution in [0, 0.1) is 0 Å². The third kappa shape index (κ3) is 3.44. The molecule has 1 unspecified atom stereocenters. The zero-order valence-electron chi connectivity index (χ0n) is 14.9. The predicted octanol–water partition coefficient (Wildman–Crippen LogP) is 4.08. The molecule has 2 heterocycles. The lowest BCUT2D eigenvalue weighted by Gasteiger charge is -2.22. The molecule has 0 aliphatic carbocycles. The number of carbonyl (C=O) groups excluding carboxylic acids is 1. The van der Waals surface area contributed by atoms with Crippen molar-refractivity contribution in [2.45, 2.75) is 12.5 Å². The summed E-state index contributed by atoms with van der Waals surface area (Å²) in [5.41, 5.74) is 3.38. The molecule has 134 valence electrons. The number of rotatable bonds is 4. The molecule has 3 aromatic rings. The van der Waals surface area contributed by atoms with E-state index in [-0.39, 0.29) is 11.9 Å². The third-order valence-corrected chi connectivity index (χ3v) is 4.61. The fraction of sp³-hybridized carbons (Fsp3) is 0.136. The number of aromatic nitrogens is 1. The highest BCUT2D eigenvalue weighted by atomic mass is 16.5. The summed E-state index contributed by atoms with van der Waals surface area (Å²) >= 11 is 0. The highest BCUT2D eigenvalue weighted by Crippen LogP contribution is 2.34. The van der Waals surface area contributed by atoms with Crippen LogP contribution in [-0.2, 0) is 0 Å². The fourth-order valence-corrected chi connectivity index (χ4v) is 3.23. The molecule has 0 bridgehead atoms. The maximum absolute atomic E-state index is 13.2. The van der Waals surface area contributed by atoms with Gasteiger partial charge in [-0.25, -0.2) is 5.01 Å². The average molecular weight is 357 g/mol. The molecule has 5 nitrogen and oxygen atoms in total. The minimum atomic E-state index is -0.153. The summed E-state index contributed by atoms with van der Waals surface area (Å²) in [5.74, 6) is 0.495. The van der Waals surface area contributed by atoms with Crippen molar-refractivity contribution in [1.29, 1.82) is 0 Å². The van der Waals surface area contributed by atoms with Crippen LogP contribution in [0.4, 0.5) is 0 Å². The van der Waals surface area contributed by atoms with Crippen molar-refractivity contribution in [2.75, 3.05) is 7.11 Å². The van der Waals surface area contributed by atoms with Gasteiger partial charge in [-0.05, 0) is 29.8 Å². The average Bonchev–Trinajstić information content (AvgIpc) is 3.20. The van der Waals surface area contributed by atoms with Gasteiger partial charge in [0.2, 0.25) is 0 Å². The molecule has 1 aliphatic heterocycles. The molecule has 2 aromatic carbocycles. The number of amides is 1. The second-order valence-electron chi connectivity index (χ2n) is 6.30. The van der Waals surface area contributed by atoms with Gasteiger partial charge in [0, 0.05) is 29.9 Å². The molecule has 1 amide bonds. The number of ether oxygens (including phenoxy) is 1. The first-order valence-corrected chi connectivity index (χ1v) is 8.76. The molecule has 1 aliphatic rings. The van der Waals surface area contributed by atoms with E-state index in [1.165, 1.54) is 0 Å². The second kappa shape index (κ2) is 7.41. The van der Waals surface area contributed by atoms with E-state index < -0.39 is 0 Å². The first kappa shape index (κ1) is 17.0. The molecule has 0 fully saturated rings. The molecule has 0 saturated heterocycles. The Morgan fingerprint density at radius 1 is 1.07 bits per heavy atom. The molecule has 0 N–H and O–H groups in total. The van der Waals surface area contributed by atoms with Crippen molar-refractivity contribution >= 4 is 11.6 Å². The number of carbonyl (C=O) groups is 1. The summed E-state index contributed by atoms with van der Waals surface area (Å²) in [6.07, 6.45) is 4.15. The maximum atomic E-state index is 13.2. The van der Waals surface area contributed by atoms with E-state index in [4.69, 9.17) is 4.74 Å². The van der Waals surface area contributed by atoms with E-state index in [2.05, 4.69) is 10.1 Å². The lowest BCUT2D eigenvalue weighted by Crippen LogP contribution is -2.27. The van der Waals surface area contributed by atoms with Crippen LogP contribution in [0.25, 0.3) is 0 Å². The summed E-state index contributed by atoms with van der Waals surface area (Å²) in [4.78, 5) is 17.4. The van der Waals surface area contributed by atoms with E-state index in [1.54, 1.807) is 36.6 Å². The van der Waals surface area contributed by atoms with E-state index in [9.17, 15) is 4.79 Å². The van der Waals surface area contributed by atoms with Crippen molar-refractivity contribution < 1.29 is 9.53 Å². The monoisotopic (exact) mass is 357 g/mol. The van der Waals surface area contributed by atoms with E-state index >= 15 is 0 Å². The number of hydrazone groups is 1. The molecule has 1 atom stereocenters. The van der Waals surface area contributed by atoms with Gasteiger partial charge in [-0.2, -0.15) is 5.10 Å². The van der Waals surface area contributed by atoms with Gasteiger partial charge in [0.05, 0.1) is 18.9 Å². The number of hydrogen-bond acceptors (Lipinski definition) is 4. The standard InChI is InChI=1S/C22H19N3O2/c1-27-19-11-5-9-17(13-19)22(26)25-21(16-7-3-2-4-8-16)14-20(24-25)18-10-6-12-23-15-18/h2-13,15,21H,14H2,1H3. The molecule has 0 spiro atoms. The van der Waals surface area contributed by atoms with Gasteiger partial charge in [0.25, 0.3) is 5.91 Å². The van der Waals surface area contributed by atoms with Crippen LogP contribution in [0.5, 0.6) is 5.75 Å². The largest absolute Gasteiger partial charge is 0.497 e. The van der Waals surface area contributed by atoms with Crippen LogP contribution < -0.4 is 4.74 Å². The summed E-state index contributed by atoms with van der Waals surface area (Å²) in [6, 6.07) is 20.8. The third-order valence-electron chi connectivity index (χ3n) is 4.61. The van der Waals surface area contributed by atoms with Crippen LogP contribution in [-0.4, -0.2) is 28.7 Å². The van der Waals surface area contributed by atoms with Crippen LogP contribution in [0.2, 0.25) is 0 Å². The van der Waals surface area contributed by atoms with Gasteiger partial charge in [-0.3, -0.25) is 9.78 Å². The lowest BCUT2D eigenvalue weighted by molar-refractivity contribution is 0.0711. The second-order valence-corrected chi connectivity index (χ2v) is 6.30. The van der Waals surface area contributed by atoms with Crippen molar-refractivity contribution in [2.24, 2.45) is 5.10 Å². The molecule has 27 heavy (non-hydrogen) atoms. The van der Waals surface area contributed by atoms with Gasteiger partial charge in [0.1, 0.15) is 5.75 Å². The number of benzene rings is 2. The summed E-state index contributed by atoms with van der Waals surface area (Å²) < 4.78 is 5.25. The van der Waals surface area contributed by atoms with Gasteiger partial charge in [-0.15, -0.1) is 0 Å². The van der Waals surface area contributed by atoms with Crippen LogP contribution >= 0.6 is 0 Å². The highest BCUT2D eigenvalue weighted by molar-refractivity contribution is 6.04. The molecule has 0 radical (unpaired) electrons. The Bertz CT molecular complexity index is 971. The van der Waals surface area contributed by atoms with E-state index in [0.717, 1.165) is 16.8 Å². The van der Waals surface area contributed by atoms with Gasteiger partial charge < -0.3 is 4.74 Å². The molecule has 4 rings (SSSR count). The quantitative estimate of drug-likeness (QED) is 0.707. The Labute approximate surface area is 157 Å². The van der Waals surface area contributed by atoms with Crippen LogP contribution in [0.3, 0.4) is 0 Å². The zero-order chi connectivity index (χ0) is 18.6. The van der Waals surface area contributed by atoms with Crippen molar-refractivity contribution in [3.05, 3.63) is 95.8 Å². The summed E-state index contributed by atoms with van der Waals surface area (Å²) in [7, 11) is 1.59. The Morgan fingerprint density at radius 3 is 2.67 bits per heavy atom. The number of methoxy groups -OCH3 is 1. The first-order valence-electron chi connectivity index (χ1n) is 8.76. The summed E-state index contributed by atoms with van der Waals surface area (Å²) in [6.45, 7) is 0. The predicted molar refractivity (Wildman–Crippen MR) is 104 cm³/mol. The van der Waals surface area contributed by atoms with Crippen molar-refractivity contribution in [1.82, 2.24) is 9.99 Å². The Kier molecular flexibility index (Phi) is 4.66. The topological polar surface area (TPSA) is 54.8 Å². The maximum Gasteiger partial charge on any atom is 0.274 e. The fourth-order valence-electron chi connectivity index (χ4n) is 3.23. The Morgan fingerprint density at radius 2 is 1.93 bits per heavy atom. The Hall–Kier alpha value is -3.47. The minimum absolute atomic E-state index is 0.151. The van der Waals surface area contributed by atoms with Crippen molar-refractivity contribution in [3.63, 3.8) is 0 Å². The normalized spacial score (nSPS) is 16.1. The van der Waals surface area contributed by atoms with Gasteiger partial charge in [0.15, 0.2) is 0 Å². The number of nitrogens with zero attached hydrogens (tertiary/aromatic N) is 3. The van der Waals surface area contributed by atoms with Gasteiger partial charge >= 0.3 is 0 Å². The Balaban J connectivity index is 1.73. The summed E-state index contributed by atoms with van der Waals surface area (Å²) in [5, 5.41) is 6.24. The smallest absolute Gasteiger partial charge is 0.274 e. The minimum Gasteiger partial charge on any atom is -0.497 e. The van der Waals surface area contributed by atoms with E-state index in [0.29, 0.717) is 17.7 Å².